The lowest BCUT2D eigenvalue weighted by Gasteiger charge is -2.03. The molecule has 0 aliphatic heterocycles. The minimum Gasteiger partial charge on any atom is -0.364 e. The van der Waals surface area contributed by atoms with E-state index >= 15 is 0 Å². The average Bonchev–Trinajstić information content (AvgIpc) is 3.09. The van der Waals surface area contributed by atoms with E-state index in [4.69, 9.17) is 5.73 Å². The van der Waals surface area contributed by atoms with Gasteiger partial charge in [0.05, 0.1) is 22.3 Å². The van der Waals surface area contributed by atoms with E-state index in [9.17, 15) is 4.79 Å². The number of nitrogens with two attached hydrogens (primary N) is 1. The fourth-order valence-corrected chi connectivity index (χ4v) is 2.26. The highest BCUT2D eigenvalue weighted by atomic mass is 32.1. The summed E-state index contributed by atoms with van der Waals surface area (Å²) in [6.07, 6.45) is 5.13. The predicted molar refractivity (Wildman–Crippen MR) is 73.9 cm³/mol. The zero-order chi connectivity index (χ0) is 14.1. The van der Waals surface area contributed by atoms with E-state index in [1.54, 1.807) is 28.7 Å². The number of hydrogen-bond acceptors (Lipinski definition) is 6. The van der Waals surface area contributed by atoms with Gasteiger partial charge in [-0.2, -0.15) is 5.10 Å². The number of nitrogens with zero attached hydrogens (tertiary/aromatic N) is 5. The molecule has 0 fully saturated rings. The van der Waals surface area contributed by atoms with Gasteiger partial charge in [-0.15, -0.1) is 11.3 Å². The lowest BCUT2D eigenvalue weighted by atomic mass is 10.2. The molecule has 0 spiro atoms. The van der Waals surface area contributed by atoms with E-state index in [0.29, 0.717) is 11.5 Å². The van der Waals surface area contributed by atoms with Crippen molar-refractivity contribution in [1.82, 2.24) is 24.7 Å². The quantitative estimate of drug-likeness (QED) is 0.777. The first-order valence-electron chi connectivity index (χ1n) is 5.70. The van der Waals surface area contributed by atoms with Crippen molar-refractivity contribution >= 4 is 17.2 Å². The SMILES string of the molecule is Cn1cc(-c2cc(C(N)=O)nc(-c3cncs3)n2)cn1. The monoisotopic (exact) mass is 286 g/mol. The number of primary amides is 1. The molecule has 0 unspecified atom stereocenters. The van der Waals surface area contributed by atoms with Crippen LogP contribution in [0.4, 0.5) is 0 Å². The van der Waals surface area contributed by atoms with E-state index in [1.807, 2.05) is 13.2 Å². The van der Waals surface area contributed by atoms with Gasteiger partial charge in [0.25, 0.3) is 5.91 Å². The Morgan fingerprint density at radius 3 is 2.80 bits per heavy atom. The first-order valence-corrected chi connectivity index (χ1v) is 6.58. The van der Waals surface area contributed by atoms with Gasteiger partial charge in [0, 0.05) is 25.0 Å². The van der Waals surface area contributed by atoms with Gasteiger partial charge in [0.2, 0.25) is 0 Å². The molecule has 3 aromatic rings. The summed E-state index contributed by atoms with van der Waals surface area (Å²) in [7, 11) is 1.81. The summed E-state index contributed by atoms with van der Waals surface area (Å²) in [5.74, 6) is -0.161. The minimum absolute atomic E-state index is 0.169. The standard InChI is InChI=1S/C12H10N6OS/c1-18-5-7(3-15-18)8-2-9(11(13)19)17-12(16-8)10-4-14-6-20-10/h2-6H,1H3,(H2,13,19). The fourth-order valence-electron chi connectivity index (χ4n) is 1.71. The molecule has 100 valence electrons. The van der Waals surface area contributed by atoms with Crippen molar-refractivity contribution in [3.8, 4) is 22.0 Å². The summed E-state index contributed by atoms with van der Waals surface area (Å²) in [6.45, 7) is 0. The third-order valence-corrected chi connectivity index (χ3v) is 3.40. The normalized spacial score (nSPS) is 10.7. The third-order valence-electron chi connectivity index (χ3n) is 2.63. The Labute approximate surface area is 118 Å². The molecule has 2 N–H and O–H groups in total. The predicted octanol–water partition coefficient (Wildman–Crippen LogP) is 1.10. The number of carbonyl (C=O) groups is 1. The van der Waals surface area contributed by atoms with Gasteiger partial charge in [-0.1, -0.05) is 0 Å². The number of aromatic nitrogens is 5. The van der Waals surface area contributed by atoms with Crippen molar-refractivity contribution in [1.29, 1.82) is 0 Å². The summed E-state index contributed by atoms with van der Waals surface area (Å²) < 4.78 is 1.66. The van der Waals surface area contributed by atoms with Crippen LogP contribution in [0, 0.1) is 0 Å². The Kier molecular flexibility index (Phi) is 2.99. The number of aryl methyl sites for hydroxylation is 1. The topological polar surface area (TPSA) is 99.6 Å². The summed E-state index contributed by atoms with van der Waals surface area (Å²) in [5.41, 5.74) is 8.57. The van der Waals surface area contributed by atoms with E-state index in [2.05, 4.69) is 20.1 Å². The highest BCUT2D eigenvalue weighted by molar-refractivity contribution is 7.13. The van der Waals surface area contributed by atoms with E-state index in [1.165, 1.54) is 11.3 Å². The molecule has 3 rings (SSSR count). The molecule has 0 saturated heterocycles. The van der Waals surface area contributed by atoms with Gasteiger partial charge < -0.3 is 5.73 Å². The maximum atomic E-state index is 11.4. The van der Waals surface area contributed by atoms with Crippen molar-refractivity contribution < 1.29 is 4.79 Å². The lowest BCUT2D eigenvalue weighted by Crippen LogP contribution is -2.14. The van der Waals surface area contributed by atoms with Gasteiger partial charge in [0.1, 0.15) is 5.69 Å². The van der Waals surface area contributed by atoms with Crippen molar-refractivity contribution in [3.63, 3.8) is 0 Å². The molecule has 0 bridgehead atoms. The van der Waals surface area contributed by atoms with E-state index in [0.717, 1.165) is 10.4 Å². The Morgan fingerprint density at radius 1 is 1.35 bits per heavy atom. The highest BCUT2D eigenvalue weighted by Gasteiger charge is 2.13. The number of carbonyl (C=O) groups excluding carboxylic acids is 1. The smallest absolute Gasteiger partial charge is 0.267 e. The van der Waals surface area contributed by atoms with Crippen LogP contribution >= 0.6 is 11.3 Å². The second-order valence-electron chi connectivity index (χ2n) is 4.09. The van der Waals surface area contributed by atoms with Crippen molar-refractivity contribution in [2.75, 3.05) is 0 Å². The molecular formula is C12H10N6OS. The molecular weight excluding hydrogens is 276 g/mol. The molecule has 3 aromatic heterocycles. The zero-order valence-electron chi connectivity index (χ0n) is 10.5. The summed E-state index contributed by atoms with van der Waals surface area (Å²) in [5, 5.41) is 4.09. The van der Waals surface area contributed by atoms with Crippen LogP contribution in [0.25, 0.3) is 22.0 Å². The maximum absolute atomic E-state index is 11.4. The Bertz CT molecular complexity index is 764. The molecule has 3 heterocycles. The van der Waals surface area contributed by atoms with Gasteiger partial charge in [-0.3, -0.25) is 14.5 Å². The Hall–Kier alpha value is -2.61. The number of rotatable bonds is 3. The van der Waals surface area contributed by atoms with Gasteiger partial charge >= 0.3 is 0 Å². The molecule has 0 atom stereocenters. The second kappa shape index (κ2) is 4.82. The van der Waals surface area contributed by atoms with Gasteiger partial charge in [-0.05, 0) is 6.07 Å². The van der Waals surface area contributed by atoms with Crippen LogP contribution < -0.4 is 5.73 Å². The molecule has 0 aliphatic carbocycles. The van der Waals surface area contributed by atoms with E-state index < -0.39 is 5.91 Å². The Morgan fingerprint density at radius 2 is 2.20 bits per heavy atom. The van der Waals surface area contributed by atoms with Crippen LogP contribution in [0.2, 0.25) is 0 Å². The summed E-state index contributed by atoms with van der Waals surface area (Å²) >= 11 is 1.40. The summed E-state index contributed by atoms with van der Waals surface area (Å²) in [4.78, 5) is 24.8. The fraction of sp³-hybridized carbons (Fsp3) is 0.0833. The first kappa shape index (κ1) is 12.4. The molecule has 1 amide bonds. The van der Waals surface area contributed by atoms with Crippen LogP contribution in [0.5, 0.6) is 0 Å². The van der Waals surface area contributed by atoms with Crippen LogP contribution in [0.1, 0.15) is 10.5 Å². The largest absolute Gasteiger partial charge is 0.364 e. The maximum Gasteiger partial charge on any atom is 0.267 e. The third kappa shape index (κ3) is 2.28. The van der Waals surface area contributed by atoms with Crippen LogP contribution in [-0.2, 0) is 7.05 Å². The highest BCUT2D eigenvalue weighted by Crippen LogP contribution is 2.24. The van der Waals surface area contributed by atoms with Crippen molar-refractivity contribution in [3.05, 3.63) is 35.9 Å². The molecule has 0 aliphatic rings. The number of hydrogen-bond donors (Lipinski definition) is 1. The first-order chi connectivity index (χ1) is 9.63. The summed E-state index contributed by atoms with van der Waals surface area (Å²) in [6, 6.07) is 1.56. The Balaban J connectivity index is 2.17. The zero-order valence-corrected chi connectivity index (χ0v) is 11.3. The van der Waals surface area contributed by atoms with Gasteiger partial charge in [-0.25, -0.2) is 9.97 Å². The lowest BCUT2D eigenvalue weighted by molar-refractivity contribution is 0.0995. The molecule has 20 heavy (non-hydrogen) atoms. The molecule has 0 radical (unpaired) electrons. The van der Waals surface area contributed by atoms with Crippen LogP contribution in [0.3, 0.4) is 0 Å². The van der Waals surface area contributed by atoms with Crippen molar-refractivity contribution in [2.45, 2.75) is 0 Å². The van der Waals surface area contributed by atoms with Gasteiger partial charge in [0.15, 0.2) is 5.82 Å². The minimum atomic E-state index is -0.594. The number of thiazole rings is 1. The molecule has 8 heteroatoms. The second-order valence-corrected chi connectivity index (χ2v) is 4.98. The molecule has 0 aromatic carbocycles. The average molecular weight is 286 g/mol. The van der Waals surface area contributed by atoms with Crippen molar-refractivity contribution in [2.24, 2.45) is 12.8 Å². The number of amides is 1. The molecule has 0 saturated carbocycles. The molecule has 7 nitrogen and oxygen atoms in total. The van der Waals surface area contributed by atoms with Crippen LogP contribution in [-0.4, -0.2) is 30.6 Å². The van der Waals surface area contributed by atoms with Crippen LogP contribution in [0.15, 0.2) is 30.2 Å². The van der Waals surface area contributed by atoms with E-state index in [-0.39, 0.29) is 5.69 Å².